The summed E-state index contributed by atoms with van der Waals surface area (Å²) in [4.78, 5) is 30.7. The van der Waals surface area contributed by atoms with Crippen molar-refractivity contribution in [3.8, 4) is 0 Å². The Morgan fingerprint density at radius 3 is 2.90 bits per heavy atom. The Hall–Kier alpha value is -1.28. The van der Waals surface area contributed by atoms with Crippen LogP contribution >= 0.6 is 22.6 Å². The average Bonchev–Trinajstić information content (AvgIpc) is 2.46. The van der Waals surface area contributed by atoms with Crippen LogP contribution < -0.4 is 5.56 Å². The number of ether oxygens (including phenoxy) is 1. The Bertz CT molecular complexity index is 654. The predicted octanol–water partition coefficient (Wildman–Crippen LogP) is 2.34. The summed E-state index contributed by atoms with van der Waals surface area (Å²) in [7, 11) is 0. The number of aromatic nitrogens is 2. The second-order valence-corrected chi connectivity index (χ2v) is 5.34. The Kier molecular flexibility index (Phi) is 5.66. The number of nitrogens with one attached hydrogen (secondary N) is 1. The summed E-state index contributed by atoms with van der Waals surface area (Å²) in [6, 6.07) is 7.16. The number of para-hydroxylation sites is 2. The third-order valence-corrected chi connectivity index (χ3v) is 3.22. The molecule has 0 amide bonds. The number of rotatable bonds is 7. The van der Waals surface area contributed by atoms with E-state index in [-0.39, 0.29) is 17.9 Å². The van der Waals surface area contributed by atoms with E-state index in [0.717, 1.165) is 4.43 Å². The summed E-state index contributed by atoms with van der Waals surface area (Å²) in [6.45, 7) is 1.21. The molecule has 5 nitrogen and oxygen atoms in total. The first kappa shape index (κ1) is 15.1. The number of carbonyl (C=O) groups is 1. The van der Waals surface area contributed by atoms with E-state index in [9.17, 15) is 9.59 Å². The first-order chi connectivity index (χ1) is 9.72. The number of carbonyl (C=O) groups excluding carboxylic acids is 1. The van der Waals surface area contributed by atoms with Gasteiger partial charge in [0.15, 0.2) is 11.5 Å². The number of ketones is 1. The van der Waals surface area contributed by atoms with Gasteiger partial charge in [0, 0.05) is 17.5 Å². The highest BCUT2D eigenvalue weighted by Gasteiger charge is 2.13. The number of alkyl halides is 1. The molecule has 106 valence electrons. The SMILES string of the molecule is O=C(CCCOCCI)c1nc2ccccc2[nH]c1=O. The summed E-state index contributed by atoms with van der Waals surface area (Å²) >= 11 is 2.23. The van der Waals surface area contributed by atoms with Crippen molar-refractivity contribution in [1.29, 1.82) is 0 Å². The summed E-state index contributed by atoms with van der Waals surface area (Å²) in [6.07, 6.45) is 0.874. The second-order valence-electron chi connectivity index (χ2n) is 4.26. The molecule has 0 aliphatic rings. The van der Waals surface area contributed by atoms with E-state index in [1.807, 2.05) is 12.1 Å². The number of hydrogen-bond acceptors (Lipinski definition) is 4. The number of Topliss-reactive ketones (excluding diaryl/α,β-unsaturated/α-hetero) is 1. The van der Waals surface area contributed by atoms with E-state index in [0.29, 0.717) is 30.7 Å². The van der Waals surface area contributed by atoms with Crippen LogP contribution in [0.1, 0.15) is 23.3 Å². The quantitative estimate of drug-likeness (QED) is 0.343. The molecule has 1 aromatic heterocycles. The molecule has 0 spiro atoms. The van der Waals surface area contributed by atoms with Gasteiger partial charge in [-0.25, -0.2) is 4.98 Å². The summed E-state index contributed by atoms with van der Waals surface area (Å²) in [5.74, 6) is -0.241. The van der Waals surface area contributed by atoms with Gasteiger partial charge < -0.3 is 9.72 Å². The lowest BCUT2D eigenvalue weighted by Gasteiger charge is -2.03. The van der Waals surface area contributed by atoms with Gasteiger partial charge in [-0.3, -0.25) is 9.59 Å². The van der Waals surface area contributed by atoms with Crippen molar-refractivity contribution in [2.45, 2.75) is 12.8 Å². The van der Waals surface area contributed by atoms with Crippen LogP contribution in [0.15, 0.2) is 29.1 Å². The monoisotopic (exact) mass is 386 g/mol. The lowest BCUT2D eigenvalue weighted by Crippen LogP contribution is -2.20. The van der Waals surface area contributed by atoms with Gasteiger partial charge in [0.05, 0.1) is 17.6 Å². The highest BCUT2D eigenvalue weighted by Crippen LogP contribution is 2.07. The number of nitrogens with zero attached hydrogens (tertiary/aromatic N) is 1. The molecule has 0 radical (unpaired) electrons. The van der Waals surface area contributed by atoms with Crippen molar-refractivity contribution >= 4 is 39.4 Å². The fraction of sp³-hybridized carbons (Fsp3) is 0.357. The molecule has 0 saturated carbocycles. The van der Waals surface area contributed by atoms with Gasteiger partial charge in [-0.1, -0.05) is 34.7 Å². The van der Waals surface area contributed by atoms with Crippen LogP contribution in [-0.2, 0) is 4.74 Å². The lowest BCUT2D eigenvalue weighted by atomic mass is 10.1. The van der Waals surface area contributed by atoms with Gasteiger partial charge in [-0.2, -0.15) is 0 Å². The minimum atomic E-state index is -0.429. The van der Waals surface area contributed by atoms with Crippen molar-refractivity contribution in [3.05, 3.63) is 40.3 Å². The fourth-order valence-electron chi connectivity index (χ4n) is 1.83. The molecule has 0 aliphatic heterocycles. The fourth-order valence-corrected chi connectivity index (χ4v) is 2.14. The maximum Gasteiger partial charge on any atom is 0.278 e. The molecule has 1 heterocycles. The zero-order valence-corrected chi connectivity index (χ0v) is 13.1. The zero-order chi connectivity index (χ0) is 14.4. The standard InChI is InChI=1S/C14H15IN2O3/c15-7-9-20-8-3-6-12(18)13-14(19)17-11-5-2-1-4-10(11)16-13/h1-2,4-5H,3,6-9H2,(H,17,19). The number of H-pyrrole nitrogens is 1. The van der Waals surface area contributed by atoms with Crippen LogP contribution in [0, 0.1) is 0 Å². The van der Waals surface area contributed by atoms with Gasteiger partial charge in [0.2, 0.25) is 0 Å². The second kappa shape index (κ2) is 7.49. The van der Waals surface area contributed by atoms with Crippen LogP contribution in [0.3, 0.4) is 0 Å². The molecule has 1 aromatic carbocycles. The van der Waals surface area contributed by atoms with Crippen LogP contribution in [0.5, 0.6) is 0 Å². The van der Waals surface area contributed by atoms with Gasteiger partial charge in [-0.05, 0) is 18.6 Å². The number of aromatic amines is 1. The first-order valence-electron chi connectivity index (χ1n) is 6.38. The highest BCUT2D eigenvalue weighted by molar-refractivity contribution is 14.1. The molecule has 0 saturated heterocycles. The summed E-state index contributed by atoms with van der Waals surface area (Å²) in [5, 5.41) is 0. The number of benzene rings is 1. The minimum Gasteiger partial charge on any atom is -0.381 e. The van der Waals surface area contributed by atoms with Crippen LogP contribution in [0.25, 0.3) is 11.0 Å². The Morgan fingerprint density at radius 1 is 1.30 bits per heavy atom. The molecule has 20 heavy (non-hydrogen) atoms. The molecule has 6 heteroatoms. The van der Waals surface area contributed by atoms with Gasteiger partial charge in [0.25, 0.3) is 5.56 Å². The van der Waals surface area contributed by atoms with Crippen molar-refractivity contribution in [2.24, 2.45) is 0 Å². The third kappa shape index (κ3) is 3.86. The number of halogens is 1. The normalized spacial score (nSPS) is 10.8. The Morgan fingerprint density at radius 2 is 2.10 bits per heavy atom. The minimum absolute atomic E-state index is 0.0161. The van der Waals surface area contributed by atoms with E-state index in [1.54, 1.807) is 12.1 Å². The molecule has 0 bridgehead atoms. The molecule has 2 rings (SSSR count). The maximum atomic E-state index is 12.0. The Balaban J connectivity index is 2.06. The van der Waals surface area contributed by atoms with Crippen molar-refractivity contribution < 1.29 is 9.53 Å². The van der Waals surface area contributed by atoms with Gasteiger partial charge in [-0.15, -0.1) is 0 Å². The van der Waals surface area contributed by atoms with Crippen molar-refractivity contribution in [2.75, 3.05) is 17.6 Å². The molecule has 2 aromatic rings. The van der Waals surface area contributed by atoms with Crippen LogP contribution in [-0.4, -0.2) is 33.4 Å². The zero-order valence-electron chi connectivity index (χ0n) is 10.9. The lowest BCUT2D eigenvalue weighted by molar-refractivity contribution is 0.0943. The summed E-state index contributed by atoms with van der Waals surface area (Å²) in [5.41, 5.74) is 0.815. The van der Waals surface area contributed by atoms with E-state index < -0.39 is 5.56 Å². The Labute approximate surface area is 129 Å². The smallest absolute Gasteiger partial charge is 0.278 e. The van der Waals surface area contributed by atoms with E-state index >= 15 is 0 Å². The molecule has 0 atom stereocenters. The molecule has 0 aliphatic carbocycles. The maximum absolute atomic E-state index is 12.0. The number of fused-ring (bicyclic) bond motifs is 1. The average molecular weight is 386 g/mol. The molecule has 0 unspecified atom stereocenters. The molecular formula is C14H15IN2O3. The molecule has 1 N–H and O–H groups in total. The number of hydrogen-bond donors (Lipinski definition) is 1. The van der Waals surface area contributed by atoms with E-state index in [2.05, 4.69) is 32.6 Å². The highest BCUT2D eigenvalue weighted by atomic mass is 127. The van der Waals surface area contributed by atoms with Gasteiger partial charge >= 0.3 is 0 Å². The van der Waals surface area contributed by atoms with Crippen LogP contribution in [0.4, 0.5) is 0 Å². The van der Waals surface area contributed by atoms with Gasteiger partial charge in [0.1, 0.15) is 0 Å². The largest absolute Gasteiger partial charge is 0.381 e. The predicted molar refractivity (Wildman–Crippen MR) is 85.6 cm³/mol. The van der Waals surface area contributed by atoms with E-state index in [4.69, 9.17) is 4.74 Å². The summed E-state index contributed by atoms with van der Waals surface area (Å²) < 4.78 is 6.23. The molecule has 0 fully saturated rings. The first-order valence-corrected chi connectivity index (χ1v) is 7.91. The third-order valence-electron chi connectivity index (χ3n) is 2.78. The topological polar surface area (TPSA) is 72.0 Å². The molecular weight excluding hydrogens is 371 g/mol. The van der Waals surface area contributed by atoms with E-state index in [1.165, 1.54) is 0 Å². The van der Waals surface area contributed by atoms with Crippen molar-refractivity contribution in [3.63, 3.8) is 0 Å². The van der Waals surface area contributed by atoms with Crippen LogP contribution in [0.2, 0.25) is 0 Å². The van der Waals surface area contributed by atoms with Crippen molar-refractivity contribution in [1.82, 2.24) is 9.97 Å².